The van der Waals surface area contributed by atoms with Gasteiger partial charge in [0.2, 0.25) is 0 Å². The van der Waals surface area contributed by atoms with E-state index in [-0.39, 0.29) is 5.41 Å². The van der Waals surface area contributed by atoms with E-state index in [0.717, 1.165) is 17.1 Å². The second-order valence-electron chi connectivity index (χ2n) is 11.7. The van der Waals surface area contributed by atoms with Gasteiger partial charge in [0, 0.05) is 16.8 Å². The van der Waals surface area contributed by atoms with Crippen molar-refractivity contribution in [1.29, 1.82) is 5.26 Å². The Morgan fingerprint density at radius 3 is 1.95 bits per heavy atom. The van der Waals surface area contributed by atoms with Crippen LogP contribution < -0.4 is 4.90 Å². The van der Waals surface area contributed by atoms with Crippen molar-refractivity contribution in [3.63, 3.8) is 0 Å². The second kappa shape index (κ2) is 9.06. The molecule has 0 aromatic heterocycles. The van der Waals surface area contributed by atoms with Gasteiger partial charge in [-0.1, -0.05) is 111 Å². The van der Waals surface area contributed by atoms with Gasteiger partial charge < -0.3 is 4.90 Å². The zero-order chi connectivity index (χ0) is 28.4. The summed E-state index contributed by atoms with van der Waals surface area (Å²) in [7, 11) is 0. The van der Waals surface area contributed by atoms with Gasteiger partial charge >= 0.3 is 0 Å². The van der Waals surface area contributed by atoms with Crippen LogP contribution in [-0.2, 0) is 5.41 Å². The number of para-hydroxylation sites is 2. The van der Waals surface area contributed by atoms with Gasteiger partial charge in [0.15, 0.2) is 0 Å². The number of hydrogen-bond donors (Lipinski definition) is 0. The molecule has 0 fully saturated rings. The summed E-state index contributed by atoms with van der Waals surface area (Å²) in [6.07, 6.45) is 0. The van der Waals surface area contributed by atoms with Crippen molar-refractivity contribution in [3.05, 3.63) is 150 Å². The van der Waals surface area contributed by atoms with Crippen LogP contribution in [0.1, 0.15) is 30.5 Å². The zero-order valence-corrected chi connectivity index (χ0v) is 23.6. The molecule has 0 heterocycles. The molecule has 0 aliphatic heterocycles. The molecule has 0 saturated carbocycles. The van der Waals surface area contributed by atoms with Gasteiger partial charge in [-0.25, -0.2) is 0 Å². The van der Waals surface area contributed by atoms with Crippen molar-refractivity contribution >= 4 is 49.4 Å². The molecule has 0 bridgehead atoms. The largest absolute Gasteiger partial charge is 0.309 e. The molecule has 0 spiro atoms. The van der Waals surface area contributed by atoms with E-state index in [1.807, 2.05) is 42.5 Å². The monoisotopic (exact) mass is 536 g/mol. The maximum absolute atomic E-state index is 9.96. The van der Waals surface area contributed by atoms with E-state index in [2.05, 4.69) is 116 Å². The molecular weight excluding hydrogens is 508 g/mol. The molecule has 1 aliphatic rings. The minimum absolute atomic E-state index is 0.179. The van der Waals surface area contributed by atoms with Gasteiger partial charge in [-0.3, -0.25) is 0 Å². The molecule has 8 rings (SSSR count). The summed E-state index contributed by atoms with van der Waals surface area (Å²) in [4.78, 5) is 2.19. The van der Waals surface area contributed by atoms with Crippen molar-refractivity contribution in [2.45, 2.75) is 19.3 Å². The summed E-state index contributed by atoms with van der Waals surface area (Å²) in [5.74, 6) is 0. The van der Waals surface area contributed by atoms with E-state index >= 15 is 0 Å². The predicted octanol–water partition coefficient (Wildman–Crippen LogP) is 10.8. The van der Waals surface area contributed by atoms with Crippen LogP contribution in [0.25, 0.3) is 43.4 Å². The molecule has 42 heavy (non-hydrogen) atoms. The van der Waals surface area contributed by atoms with E-state index in [1.54, 1.807) is 0 Å². The van der Waals surface area contributed by atoms with Gasteiger partial charge in [0.25, 0.3) is 0 Å². The molecule has 0 N–H and O–H groups in total. The average molecular weight is 537 g/mol. The maximum atomic E-state index is 9.96. The van der Waals surface area contributed by atoms with Gasteiger partial charge in [0.1, 0.15) is 6.07 Å². The second-order valence-corrected chi connectivity index (χ2v) is 11.7. The van der Waals surface area contributed by atoms with Crippen molar-refractivity contribution in [2.75, 3.05) is 4.90 Å². The Morgan fingerprint density at radius 1 is 0.548 bits per heavy atom. The summed E-state index contributed by atoms with van der Waals surface area (Å²) < 4.78 is 0. The molecule has 1 aliphatic carbocycles. The lowest BCUT2D eigenvalue weighted by Crippen LogP contribution is -2.16. The first-order valence-electron chi connectivity index (χ1n) is 14.4. The number of benzene rings is 7. The minimum atomic E-state index is -0.179. The highest BCUT2D eigenvalue weighted by molar-refractivity contribution is 6.19. The Bertz CT molecular complexity index is 2240. The normalized spacial score (nSPS) is 13.2. The van der Waals surface area contributed by atoms with Crippen molar-refractivity contribution < 1.29 is 0 Å². The third-order valence-electron chi connectivity index (χ3n) is 8.99. The molecule has 7 aromatic rings. The molecule has 0 saturated heterocycles. The molecule has 0 atom stereocenters. The minimum Gasteiger partial charge on any atom is -0.309 e. The van der Waals surface area contributed by atoms with Gasteiger partial charge in [-0.15, -0.1) is 0 Å². The molecule has 7 aromatic carbocycles. The number of hydrogen-bond acceptors (Lipinski definition) is 2. The molecule has 2 nitrogen and oxygen atoms in total. The van der Waals surface area contributed by atoms with E-state index in [4.69, 9.17) is 0 Å². The van der Waals surface area contributed by atoms with Crippen LogP contribution in [0.5, 0.6) is 0 Å². The van der Waals surface area contributed by atoms with E-state index < -0.39 is 0 Å². The van der Waals surface area contributed by atoms with E-state index in [0.29, 0.717) is 5.56 Å². The quantitative estimate of drug-likeness (QED) is 0.210. The Morgan fingerprint density at radius 2 is 1.19 bits per heavy atom. The Hall–Kier alpha value is -5.39. The third-order valence-corrected chi connectivity index (χ3v) is 8.99. The van der Waals surface area contributed by atoms with Gasteiger partial charge in [0.05, 0.1) is 11.3 Å². The fourth-order valence-corrected chi connectivity index (χ4v) is 7.30. The van der Waals surface area contributed by atoms with Crippen LogP contribution in [0.3, 0.4) is 0 Å². The first kappa shape index (κ1) is 24.4. The fraction of sp³-hybridized carbons (Fsp3) is 0.0750. The molecule has 0 radical (unpaired) electrons. The number of anilines is 3. The van der Waals surface area contributed by atoms with E-state index in [9.17, 15) is 5.26 Å². The van der Waals surface area contributed by atoms with Gasteiger partial charge in [-0.05, 0) is 91.0 Å². The summed E-state index contributed by atoms with van der Waals surface area (Å²) in [6.45, 7) is 4.76. The molecule has 0 amide bonds. The van der Waals surface area contributed by atoms with Crippen LogP contribution in [0.4, 0.5) is 17.1 Å². The maximum Gasteiger partial charge on any atom is 0.101 e. The summed E-state index contributed by atoms with van der Waals surface area (Å²) in [5, 5.41) is 17.7. The van der Waals surface area contributed by atoms with E-state index in [1.165, 1.54) is 54.6 Å². The lowest BCUT2D eigenvalue weighted by Gasteiger charge is -2.28. The highest BCUT2D eigenvalue weighted by Crippen LogP contribution is 2.56. The fourth-order valence-electron chi connectivity index (χ4n) is 7.30. The van der Waals surface area contributed by atoms with Crippen LogP contribution in [0.2, 0.25) is 0 Å². The Kier molecular flexibility index (Phi) is 5.27. The summed E-state index contributed by atoms with van der Waals surface area (Å²) in [5.41, 5.74) is 8.87. The zero-order valence-electron chi connectivity index (χ0n) is 23.6. The lowest BCUT2D eigenvalue weighted by atomic mass is 9.78. The third kappa shape index (κ3) is 3.38. The van der Waals surface area contributed by atoms with Crippen LogP contribution in [-0.4, -0.2) is 0 Å². The first-order valence-corrected chi connectivity index (χ1v) is 14.4. The number of nitriles is 1. The lowest BCUT2D eigenvalue weighted by molar-refractivity contribution is 0.672. The highest BCUT2D eigenvalue weighted by atomic mass is 15.1. The first-order chi connectivity index (χ1) is 20.6. The molecule has 0 unspecified atom stereocenters. The SMILES string of the molecule is CC1(C)c2c(ccc3cc(N(c4ccccc4)c4ccccc4C#N)ccc23)-c2c1c1ccccc1c1ccccc21. The van der Waals surface area contributed by atoms with Gasteiger partial charge in [-0.2, -0.15) is 5.26 Å². The van der Waals surface area contributed by atoms with Crippen LogP contribution in [0.15, 0.2) is 133 Å². The average Bonchev–Trinajstić information content (AvgIpc) is 3.29. The highest BCUT2D eigenvalue weighted by Gasteiger charge is 2.39. The smallest absolute Gasteiger partial charge is 0.101 e. The van der Waals surface area contributed by atoms with Crippen LogP contribution in [0, 0.1) is 11.3 Å². The molecular formula is C40H28N2. The standard InChI is InChI=1S/C40H28N2/c1-40(2)38-30-23-21-29(42(28-13-4-3-5-14-28)36-19-11-6-12-27(36)25-41)24-26(30)20-22-35(38)37-33-17-9-7-15-31(33)32-16-8-10-18-34(32)39(37)40/h3-24H,1-2H3. The number of fused-ring (bicyclic) bond motifs is 10. The number of nitrogens with zero attached hydrogens (tertiary/aromatic N) is 2. The Labute approximate surface area is 245 Å². The topological polar surface area (TPSA) is 27.0 Å². The summed E-state index contributed by atoms with van der Waals surface area (Å²) in [6, 6.07) is 49.6. The van der Waals surface area contributed by atoms with Crippen molar-refractivity contribution in [3.8, 4) is 17.2 Å². The molecule has 2 heteroatoms. The Balaban J connectivity index is 1.39. The summed E-state index contributed by atoms with van der Waals surface area (Å²) >= 11 is 0. The predicted molar refractivity (Wildman–Crippen MR) is 176 cm³/mol. The van der Waals surface area contributed by atoms with Crippen molar-refractivity contribution in [2.24, 2.45) is 0 Å². The van der Waals surface area contributed by atoms with Crippen molar-refractivity contribution in [1.82, 2.24) is 0 Å². The number of rotatable bonds is 3. The molecule has 198 valence electrons. The van der Waals surface area contributed by atoms with Crippen LogP contribution >= 0.6 is 0 Å².